The lowest BCUT2D eigenvalue weighted by molar-refractivity contribution is 0.0977. The van der Waals surface area contributed by atoms with E-state index in [0.29, 0.717) is 47.3 Å². The lowest BCUT2D eigenvalue weighted by atomic mass is 9.91. The van der Waals surface area contributed by atoms with Crippen molar-refractivity contribution in [1.82, 2.24) is 0 Å². The van der Waals surface area contributed by atoms with Crippen molar-refractivity contribution in [2.45, 2.75) is 5.92 Å². The van der Waals surface area contributed by atoms with Gasteiger partial charge in [0.15, 0.2) is 17.3 Å². The SMILES string of the molecule is COc1ccc([C@@H](C#N)C(=O)c2cc(OC)c3c(c2)OCCO3)cc1. The van der Waals surface area contributed by atoms with Crippen LogP contribution in [0.5, 0.6) is 23.0 Å². The Morgan fingerprint density at radius 3 is 2.48 bits per heavy atom. The Hall–Kier alpha value is -3.20. The number of nitriles is 1. The molecule has 6 nitrogen and oxygen atoms in total. The number of rotatable bonds is 5. The molecule has 1 aliphatic heterocycles. The number of hydrogen-bond acceptors (Lipinski definition) is 6. The van der Waals surface area contributed by atoms with Crippen LogP contribution in [0.1, 0.15) is 21.8 Å². The van der Waals surface area contributed by atoms with Crippen LogP contribution in [0.25, 0.3) is 0 Å². The number of carbonyl (C=O) groups excluding carboxylic acids is 1. The molecule has 0 radical (unpaired) electrons. The van der Waals surface area contributed by atoms with E-state index in [4.69, 9.17) is 18.9 Å². The van der Waals surface area contributed by atoms with Gasteiger partial charge in [-0.2, -0.15) is 5.26 Å². The second-order valence-corrected chi connectivity index (χ2v) is 5.40. The van der Waals surface area contributed by atoms with E-state index in [1.165, 1.54) is 7.11 Å². The normalized spacial score (nSPS) is 13.5. The van der Waals surface area contributed by atoms with Gasteiger partial charge in [0.1, 0.15) is 24.9 Å². The van der Waals surface area contributed by atoms with E-state index in [9.17, 15) is 10.1 Å². The maximum absolute atomic E-state index is 12.9. The van der Waals surface area contributed by atoms with Crippen LogP contribution in [0, 0.1) is 11.3 Å². The second-order valence-electron chi connectivity index (χ2n) is 5.40. The monoisotopic (exact) mass is 339 g/mol. The molecule has 1 aliphatic rings. The molecule has 128 valence electrons. The average Bonchev–Trinajstić information content (AvgIpc) is 2.68. The number of carbonyl (C=O) groups is 1. The maximum Gasteiger partial charge on any atom is 0.203 e. The van der Waals surface area contributed by atoms with E-state index in [-0.39, 0.29) is 5.78 Å². The van der Waals surface area contributed by atoms with Gasteiger partial charge >= 0.3 is 0 Å². The summed E-state index contributed by atoms with van der Waals surface area (Å²) in [5.41, 5.74) is 0.936. The first-order chi connectivity index (χ1) is 12.2. The molecule has 2 aromatic rings. The molecule has 0 saturated heterocycles. The number of nitrogens with zero attached hydrogens (tertiary/aromatic N) is 1. The second kappa shape index (κ2) is 7.14. The number of ketones is 1. The van der Waals surface area contributed by atoms with E-state index >= 15 is 0 Å². The summed E-state index contributed by atoms with van der Waals surface area (Å²) in [6.07, 6.45) is 0. The maximum atomic E-state index is 12.9. The third-order valence-corrected chi connectivity index (χ3v) is 3.95. The molecular formula is C19H17NO5. The number of Topliss-reactive ketones (excluding diaryl/α,β-unsaturated/α-hetero) is 1. The highest BCUT2D eigenvalue weighted by Crippen LogP contribution is 2.41. The summed E-state index contributed by atoms with van der Waals surface area (Å²) in [4.78, 5) is 12.9. The number of hydrogen-bond donors (Lipinski definition) is 0. The molecule has 1 atom stereocenters. The van der Waals surface area contributed by atoms with Gasteiger partial charge in [-0.15, -0.1) is 0 Å². The van der Waals surface area contributed by atoms with Crippen LogP contribution in [-0.2, 0) is 0 Å². The van der Waals surface area contributed by atoms with Crippen LogP contribution in [-0.4, -0.2) is 33.2 Å². The van der Waals surface area contributed by atoms with Crippen LogP contribution < -0.4 is 18.9 Å². The Morgan fingerprint density at radius 1 is 1.12 bits per heavy atom. The van der Waals surface area contributed by atoms with Gasteiger partial charge < -0.3 is 18.9 Å². The van der Waals surface area contributed by atoms with Crippen molar-refractivity contribution in [1.29, 1.82) is 5.26 Å². The summed E-state index contributed by atoms with van der Waals surface area (Å²) in [7, 11) is 3.05. The Kier molecular flexibility index (Phi) is 4.75. The predicted octanol–water partition coefficient (Wildman–Crippen LogP) is 2.97. The first-order valence-corrected chi connectivity index (χ1v) is 7.73. The minimum Gasteiger partial charge on any atom is -0.497 e. The number of benzene rings is 2. The quantitative estimate of drug-likeness (QED) is 0.780. The summed E-state index contributed by atoms with van der Waals surface area (Å²) in [6, 6.07) is 12.1. The van der Waals surface area contributed by atoms with E-state index in [1.54, 1.807) is 43.5 Å². The van der Waals surface area contributed by atoms with Gasteiger partial charge in [-0.1, -0.05) is 12.1 Å². The molecule has 0 spiro atoms. The molecule has 0 aromatic heterocycles. The molecule has 2 aromatic carbocycles. The van der Waals surface area contributed by atoms with Crippen molar-refractivity contribution in [2.24, 2.45) is 0 Å². The van der Waals surface area contributed by atoms with Gasteiger partial charge in [-0.3, -0.25) is 4.79 Å². The highest BCUT2D eigenvalue weighted by Gasteiger charge is 2.26. The first kappa shape index (κ1) is 16.7. The molecular weight excluding hydrogens is 322 g/mol. The van der Waals surface area contributed by atoms with Gasteiger partial charge in [-0.05, 0) is 29.8 Å². The first-order valence-electron chi connectivity index (χ1n) is 7.73. The van der Waals surface area contributed by atoms with Crippen molar-refractivity contribution < 1.29 is 23.7 Å². The zero-order valence-electron chi connectivity index (χ0n) is 13.9. The summed E-state index contributed by atoms with van der Waals surface area (Å²) in [6.45, 7) is 0.817. The summed E-state index contributed by atoms with van der Waals surface area (Å²) >= 11 is 0. The molecule has 0 aliphatic carbocycles. The Bertz CT molecular complexity index is 806. The molecule has 0 amide bonds. The Balaban J connectivity index is 1.96. The van der Waals surface area contributed by atoms with Gasteiger partial charge in [-0.25, -0.2) is 0 Å². The molecule has 6 heteroatoms. The minimum absolute atomic E-state index is 0.331. The fraction of sp³-hybridized carbons (Fsp3) is 0.263. The smallest absolute Gasteiger partial charge is 0.203 e. The van der Waals surface area contributed by atoms with Crippen LogP contribution >= 0.6 is 0 Å². The van der Waals surface area contributed by atoms with E-state index in [1.807, 2.05) is 0 Å². The van der Waals surface area contributed by atoms with Gasteiger partial charge in [0.25, 0.3) is 0 Å². The molecule has 0 bridgehead atoms. The average molecular weight is 339 g/mol. The molecule has 0 N–H and O–H groups in total. The van der Waals surface area contributed by atoms with Gasteiger partial charge in [0, 0.05) is 5.56 Å². The highest BCUT2D eigenvalue weighted by molar-refractivity contribution is 6.03. The summed E-state index contributed by atoms with van der Waals surface area (Å²) in [5, 5.41) is 9.51. The van der Waals surface area contributed by atoms with E-state index in [2.05, 4.69) is 6.07 Å². The number of ether oxygens (including phenoxy) is 4. The van der Waals surface area contributed by atoms with Gasteiger partial charge in [0.2, 0.25) is 5.75 Å². The zero-order valence-corrected chi connectivity index (χ0v) is 13.9. The third-order valence-electron chi connectivity index (χ3n) is 3.95. The van der Waals surface area contributed by atoms with E-state index in [0.717, 1.165) is 0 Å². The number of methoxy groups -OCH3 is 2. The van der Waals surface area contributed by atoms with Crippen molar-refractivity contribution in [3.63, 3.8) is 0 Å². The topological polar surface area (TPSA) is 77.8 Å². The van der Waals surface area contributed by atoms with Crippen molar-refractivity contribution in [3.8, 4) is 29.1 Å². The van der Waals surface area contributed by atoms with Crippen LogP contribution in [0.3, 0.4) is 0 Å². The standard InChI is InChI=1S/C19H17NO5/c1-22-14-5-3-12(4-6-14)15(11-20)18(21)13-9-16(23-2)19-17(10-13)24-7-8-25-19/h3-6,9-10,15H,7-8H2,1-2H3/t15-/m1/s1. The lowest BCUT2D eigenvalue weighted by Crippen LogP contribution is -2.18. The van der Waals surface area contributed by atoms with Crippen molar-refractivity contribution in [2.75, 3.05) is 27.4 Å². The Labute approximate surface area is 145 Å². The molecule has 0 unspecified atom stereocenters. The number of fused-ring (bicyclic) bond motifs is 1. The van der Waals surface area contributed by atoms with Crippen LogP contribution in [0.15, 0.2) is 36.4 Å². The molecule has 25 heavy (non-hydrogen) atoms. The highest BCUT2D eigenvalue weighted by atomic mass is 16.6. The molecule has 1 heterocycles. The van der Waals surface area contributed by atoms with Crippen LogP contribution in [0.4, 0.5) is 0 Å². The third kappa shape index (κ3) is 3.22. The van der Waals surface area contributed by atoms with Crippen molar-refractivity contribution >= 4 is 5.78 Å². The fourth-order valence-electron chi connectivity index (χ4n) is 2.66. The summed E-state index contributed by atoms with van der Waals surface area (Å²) < 4.78 is 21.5. The predicted molar refractivity (Wildman–Crippen MR) is 89.7 cm³/mol. The van der Waals surface area contributed by atoms with Gasteiger partial charge in [0.05, 0.1) is 20.3 Å². The zero-order chi connectivity index (χ0) is 17.8. The lowest BCUT2D eigenvalue weighted by Gasteiger charge is -2.21. The fourth-order valence-corrected chi connectivity index (χ4v) is 2.66. The molecule has 3 rings (SSSR count). The largest absolute Gasteiger partial charge is 0.497 e. The van der Waals surface area contributed by atoms with Crippen LogP contribution in [0.2, 0.25) is 0 Å². The molecule has 0 saturated carbocycles. The van der Waals surface area contributed by atoms with E-state index < -0.39 is 5.92 Å². The Morgan fingerprint density at radius 2 is 1.84 bits per heavy atom. The molecule has 0 fully saturated rings. The summed E-state index contributed by atoms with van der Waals surface area (Å²) in [5.74, 6) is 0.727. The van der Waals surface area contributed by atoms with Crippen molar-refractivity contribution in [3.05, 3.63) is 47.5 Å². The minimum atomic E-state index is -0.932.